The summed E-state index contributed by atoms with van der Waals surface area (Å²) in [5.41, 5.74) is 0.621. The van der Waals surface area contributed by atoms with Crippen molar-refractivity contribution in [3.05, 3.63) is 34.9 Å². The van der Waals surface area contributed by atoms with Gasteiger partial charge in [0.2, 0.25) is 0 Å². The Morgan fingerprint density at radius 1 is 1.24 bits per heavy atom. The van der Waals surface area contributed by atoms with E-state index in [1.165, 1.54) is 12.1 Å². The normalized spacial score (nSPS) is 25.6. The van der Waals surface area contributed by atoms with Crippen molar-refractivity contribution in [3.8, 4) is 0 Å². The van der Waals surface area contributed by atoms with Gasteiger partial charge in [0.25, 0.3) is 0 Å². The fraction of sp³-hybridized carbons (Fsp3) is 0.538. The number of benzene rings is 1. The van der Waals surface area contributed by atoms with Gasteiger partial charge < -0.3 is 10.1 Å². The lowest BCUT2D eigenvalue weighted by atomic mass is 10.1. The van der Waals surface area contributed by atoms with Crippen molar-refractivity contribution in [2.24, 2.45) is 5.92 Å². The Labute approximate surface area is 100.0 Å². The van der Waals surface area contributed by atoms with Gasteiger partial charge >= 0.3 is 0 Å². The highest BCUT2D eigenvalue weighted by Gasteiger charge is 2.21. The maximum Gasteiger partial charge on any atom is 0.129 e. The molecule has 0 spiro atoms. The maximum atomic E-state index is 13.8. The van der Waals surface area contributed by atoms with Crippen LogP contribution in [0.4, 0.5) is 8.78 Å². The van der Waals surface area contributed by atoms with Crippen molar-refractivity contribution in [1.29, 1.82) is 0 Å². The molecular weight excluding hydrogens is 224 g/mol. The van der Waals surface area contributed by atoms with E-state index in [0.29, 0.717) is 30.2 Å². The summed E-state index contributed by atoms with van der Waals surface area (Å²) in [4.78, 5) is 0. The van der Waals surface area contributed by atoms with Crippen molar-refractivity contribution in [3.63, 3.8) is 0 Å². The van der Waals surface area contributed by atoms with Crippen LogP contribution >= 0.6 is 0 Å². The van der Waals surface area contributed by atoms with Gasteiger partial charge in [0.05, 0.1) is 12.7 Å². The summed E-state index contributed by atoms with van der Waals surface area (Å²) < 4.78 is 32.8. The molecule has 2 unspecified atom stereocenters. The van der Waals surface area contributed by atoms with Crippen LogP contribution in [0.25, 0.3) is 0 Å². The second-order valence-corrected chi connectivity index (χ2v) is 4.71. The van der Waals surface area contributed by atoms with E-state index in [1.807, 2.05) is 0 Å². The molecule has 0 bridgehead atoms. The molecule has 0 aromatic heterocycles. The molecule has 2 atom stereocenters. The molecule has 1 aliphatic heterocycles. The molecule has 0 saturated carbocycles. The maximum absolute atomic E-state index is 13.8. The largest absolute Gasteiger partial charge is 0.372 e. The van der Waals surface area contributed by atoms with E-state index in [4.69, 9.17) is 4.74 Å². The molecule has 2 rings (SSSR count). The minimum Gasteiger partial charge on any atom is -0.372 e. The van der Waals surface area contributed by atoms with Gasteiger partial charge in [-0.3, -0.25) is 0 Å². The van der Waals surface area contributed by atoms with E-state index in [-0.39, 0.29) is 5.82 Å². The number of hydrogen-bond acceptors (Lipinski definition) is 2. The van der Waals surface area contributed by atoms with E-state index in [0.717, 1.165) is 6.54 Å². The van der Waals surface area contributed by atoms with E-state index in [1.54, 1.807) is 6.92 Å². The van der Waals surface area contributed by atoms with Gasteiger partial charge in [-0.1, -0.05) is 6.92 Å². The van der Waals surface area contributed by atoms with Crippen molar-refractivity contribution in [1.82, 2.24) is 5.32 Å². The number of halogens is 2. The summed E-state index contributed by atoms with van der Waals surface area (Å²) in [5.74, 6) is -0.397. The number of rotatable bonds is 1. The minimum absolute atomic E-state index is 0.301. The van der Waals surface area contributed by atoms with Crippen LogP contribution in [0.3, 0.4) is 0 Å². The fourth-order valence-electron chi connectivity index (χ4n) is 1.97. The predicted molar refractivity (Wildman–Crippen MR) is 61.8 cm³/mol. The second kappa shape index (κ2) is 5.10. The first kappa shape index (κ1) is 12.5. The smallest absolute Gasteiger partial charge is 0.129 e. The number of nitrogens with one attached hydrogen (secondary N) is 1. The second-order valence-electron chi connectivity index (χ2n) is 4.71. The summed E-state index contributed by atoms with van der Waals surface area (Å²) in [6.07, 6.45) is -0.407. The first-order chi connectivity index (χ1) is 8.08. The van der Waals surface area contributed by atoms with Crippen molar-refractivity contribution in [2.45, 2.75) is 20.0 Å². The minimum atomic E-state index is -0.407. The molecule has 94 valence electrons. The zero-order chi connectivity index (χ0) is 12.4. The SMILES string of the molecule is Cc1cc(F)c(C2CNCC(C)CO2)cc1F. The lowest BCUT2D eigenvalue weighted by molar-refractivity contribution is 0.0490. The summed E-state index contributed by atoms with van der Waals surface area (Å²) in [6.45, 7) is 5.53. The lowest BCUT2D eigenvalue weighted by Crippen LogP contribution is -2.23. The van der Waals surface area contributed by atoms with Gasteiger partial charge in [0.15, 0.2) is 0 Å². The third-order valence-electron chi connectivity index (χ3n) is 3.03. The Hall–Kier alpha value is -1.00. The quantitative estimate of drug-likeness (QED) is 0.816. The Morgan fingerprint density at radius 3 is 2.76 bits per heavy atom. The topological polar surface area (TPSA) is 21.3 Å². The Morgan fingerprint density at radius 2 is 2.00 bits per heavy atom. The highest BCUT2D eigenvalue weighted by molar-refractivity contribution is 5.27. The van der Waals surface area contributed by atoms with E-state index in [9.17, 15) is 8.78 Å². The van der Waals surface area contributed by atoms with E-state index in [2.05, 4.69) is 12.2 Å². The van der Waals surface area contributed by atoms with Gasteiger partial charge in [-0.2, -0.15) is 0 Å². The molecule has 0 radical (unpaired) electrons. The molecule has 1 N–H and O–H groups in total. The van der Waals surface area contributed by atoms with Gasteiger partial charge in [0, 0.05) is 18.7 Å². The zero-order valence-electron chi connectivity index (χ0n) is 10.1. The van der Waals surface area contributed by atoms with E-state index < -0.39 is 11.9 Å². The molecule has 1 aliphatic rings. The summed E-state index contributed by atoms with van der Waals surface area (Å²) in [7, 11) is 0. The van der Waals surface area contributed by atoms with Gasteiger partial charge in [0.1, 0.15) is 11.6 Å². The Kier molecular flexibility index (Phi) is 3.74. The van der Waals surface area contributed by atoms with Crippen LogP contribution in [0.5, 0.6) is 0 Å². The third kappa shape index (κ3) is 2.82. The fourth-order valence-corrected chi connectivity index (χ4v) is 1.97. The van der Waals surface area contributed by atoms with Crippen molar-refractivity contribution < 1.29 is 13.5 Å². The van der Waals surface area contributed by atoms with Gasteiger partial charge in [-0.25, -0.2) is 8.78 Å². The zero-order valence-corrected chi connectivity index (χ0v) is 10.1. The lowest BCUT2D eigenvalue weighted by Gasteiger charge is -2.17. The predicted octanol–water partition coefficient (Wildman–Crippen LogP) is 2.57. The molecule has 1 fully saturated rings. The Bertz CT molecular complexity index is 409. The highest BCUT2D eigenvalue weighted by atomic mass is 19.1. The molecule has 17 heavy (non-hydrogen) atoms. The molecule has 1 aromatic carbocycles. The molecule has 2 nitrogen and oxygen atoms in total. The van der Waals surface area contributed by atoms with Crippen LogP contribution in [0.2, 0.25) is 0 Å². The van der Waals surface area contributed by atoms with Crippen LogP contribution in [-0.4, -0.2) is 19.7 Å². The third-order valence-corrected chi connectivity index (χ3v) is 3.03. The van der Waals surface area contributed by atoms with Crippen LogP contribution in [-0.2, 0) is 4.74 Å². The number of ether oxygens (including phenoxy) is 1. The molecule has 4 heteroatoms. The van der Waals surface area contributed by atoms with Gasteiger partial charge in [-0.05, 0) is 30.5 Å². The molecule has 1 heterocycles. The summed E-state index contributed by atoms with van der Waals surface area (Å²) in [6, 6.07) is 2.47. The van der Waals surface area contributed by atoms with Crippen molar-refractivity contribution in [2.75, 3.05) is 19.7 Å². The first-order valence-electron chi connectivity index (χ1n) is 5.85. The number of aryl methyl sites for hydroxylation is 1. The van der Waals surface area contributed by atoms with Crippen LogP contribution < -0.4 is 5.32 Å². The first-order valence-corrected chi connectivity index (χ1v) is 5.85. The molecular formula is C13H17F2NO. The van der Waals surface area contributed by atoms with E-state index >= 15 is 0 Å². The molecule has 0 aliphatic carbocycles. The summed E-state index contributed by atoms with van der Waals surface area (Å²) in [5, 5.41) is 3.19. The molecule has 0 amide bonds. The van der Waals surface area contributed by atoms with Gasteiger partial charge in [-0.15, -0.1) is 0 Å². The Balaban J connectivity index is 2.24. The van der Waals surface area contributed by atoms with Crippen LogP contribution in [0, 0.1) is 24.5 Å². The van der Waals surface area contributed by atoms with Crippen LogP contribution in [0.1, 0.15) is 24.2 Å². The number of hydrogen-bond donors (Lipinski definition) is 1. The highest BCUT2D eigenvalue weighted by Crippen LogP contribution is 2.25. The molecule has 1 aromatic rings. The van der Waals surface area contributed by atoms with Crippen molar-refractivity contribution >= 4 is 0 Å². The monoisotopic (exact) mass is 241 g/mol. The average molecular weight is 241 g/mol. The van der Waals surface area contributed by atoms with Crippen LogP contribution in [0.15, 0.2) is 12.1 Å². The average Bonchev–Trinajstić information content (AvgIpc) is 2.49. The standard InChI is InChI=1S/C13H17F2NO/c1-8-5-16-6-13(17-7-8)10-4-11(14)9(2)3-12(10)15/h3-4,8,13,16H,5-7H2,1-2H3. The summed E-state index contributed by atoms with van der Waals surface area (Å²) >= 11 is 0. The molecule has 1 saturated heterocycles.